The van der Waals surface area contributed by atoms with Crippen molar-refractivity contribution < 1.29 is 77.2 Å². The molecule has 0 aliphatic carbocycles. The minimum absolute atomic E-state index is 0.479. The highest BCUT2D eigenvalue weighted by molar-refractivity contribution is 5.68. The standard InChI is InChI=1S/C22H32O16/c1-8(23)31-6-13-15(28)16(29)18(34-10(3)25)22(38-13)32-7-14-17(33-9(2)24)19(35-11(4)26)20(21(30)37-14)36-12(5)27/h13-22,28-30H,6-7H2,1-5H3/t13?,14?,15-,16?,17+,18?,19?,20?,21?,22-/m0/s1. The zero-order valence-electron chi connectivity index (χ0n) is 21.3. The number of ether oxygens (including phenoxy) is 8. The first-order valence-corrected chi connectivity index (χ1v) is 11.5. The van der Waals surface area contributed by atoms with Gasteiger partial charge in [-0.2, -0.15) is 0 Å². The van der Waals surface area contributed by atoms with Crippen molar-refractivity contribution in [2.75, 3.05) is 13.2 Å². The van der Waals surface area contributed by atoms with E-state index in [1.807, 2.05) is 0 Å². The lowest BCUT2D eigenvalue weighted by Crippen LogP contribution is -2.63. The molecule has 0 saturated carbocycles. The Morgan fingerprint density at radius 3 is 1.61 bits per heavy atom. The Balaban J connectivity index is 2.30. The first-order chi connectivity index (χ1) is 17.7. The summed E-state index contributed by atoms with van der Waals surface area (Å²) in [6.07, 6.45) is -15.6. The van der Waals surface area contributed by atoms with Gasteiger partial charge < -0.3 is 53.2 Å². The topological polar surface area (TPSA) is 220 Å². The van der Waals surface area contributed by atoms with Gasteiger partial charge in [-0.3, -0.25) is 24.0 Å². The van der Waals surface area contributed by atoms with Crippen LogP contribution in [-0.2, 0) is 61.9 Å². The van der Waals surface area contributed by atoms with E-state index >= 15 is 0 Å². The largest absolute Gasteiger partial charge is 0.463 e. The smallest absolute Gasteiger partial charge is 0.303 e. The summed E-state index contributed by atoms with van der Waals surface area (Å²) in [7, 11) is 0. The second kappa shape index (κ2) is 13.8. The number of hydrogen-bond donors (Lipinski definition) is 3. The van der Waals surface area contributed by atoms with Crippen molar-refractivity contribution in [3.8, 4) is 0 Å². The summed E-state index contributed by atoms with van der Waals surface area (Å²) in [6, 6.07) is 0. The molecule has 0 aromatic carbocycles. The molecule has 0 radical (unpaired) electrons. The minimum Gasteiger partial charge on any atom is -0.463 e. The van der Waals surface area contributed by atoms with Crippen LogP contribution < -0.4 is 0 Å². The van der Waals surface area contributed by atoms with Crippen molar-refractivity contribution in [1.29, 1.82) is 0 Å². The molecule has 2 rings (SSSR count). The van der Waals surface area contributed by atoms with Crippen LogP contribution in [0.4, 0.5) is 0 Å². The van der Waals surface area contributed by atoms with Gasteiger partial charge in [0.05, 0.1) is 6.61 Å². The van der Waals surface area contributed by atoms with E-state index in [1.165, 1.54) is 0 Å². The first kappa shape index (κ1) is 31.3. The van der Waals surface area contributed by atoms with Crippen molar-refractivity contribution in [2.45, 2.75) is 96.0 Å². The van der Waals surface area contributed by atoms with Gasteiger partial charge in [0.25, 0.3) is 0 Å². The zero-order valence-corrected chi connectivity index (χ0v) is 21.3. The van der Waals surface area contributed by atoms with Crippen LogP contribution in [0.15, 0.2) is 0 Å². The molecule has 0 aromatic heterocycles. The number of hydrogen-bond acceptors (Lipinski definition) is 16. The minimum atomic E-state index is -1.86. The SMILES string of the molecule is CC(=O)OCC1O[C@H](OCC2OC(O)C(OC(C)=O)C(OC(C)=O)[C@@H]2OC(C)=O)C(OC(C)=O)C(O)[C@H]1O. The van der Waals surface area contributed by atoms with Gasteiger partial charge in [-0.05, 0) is 0 Å². The van der Waals surface area contributed by atoms with Crippen LogP contribution >= 0.6 is 0 Å². The average Bonchev–Trinajstić information content (AvgIpc) is 2.79. The molecule has 216 valence electrons. The van der Waals surface area contributed by atoms with Gasteiger partial charge in [-0.1, -0.05) is 0 Å². The summed E-state index contributed by atoms with van der Waals surface area (Å²) in [5, 5.41) is 31.3. The predicted molar refractivity (Wildman–Crippen MR) is 116 cm³/mol. The number of esters is 5. The van der Waals surface area contributed by atoms with E-state index in [1.54, 1.807) is 0 Å². The highest BCUT2D eigenvalue weighted by atomic mass is 16.7. The molecular weight excluding hydrogens is 520 g/mol. The maximum atomic E-state index is 11.8. The lowest BCUT2D eigenvalue weighted by atomic mass is 9.97. The molecule has 10 atom stereocenters. The van der Waals surface area contributed by atoms with Gasteiger partial charge in [0, 0.05) is 34.6 Å². The van der Waals surface area contributed by atoms with Crippen LogP contribution in [0.1, 0.15) is 34.6 Å². The normalized spacial score (nSPS) is 34.9. The Bertz CT molecular complexity index is 873. The Morgan fingerprint density at radius 2 is 1.08 bits per heavy atom. The molecule has 3 N–H and O–H groups in total. The van der Waals surface area contributed by atoms with Gasteiger partial charge in [0.15, 0.2) is 37.0 Å². The van der Waals surface area contributed by atoms with Crippen LogP contribution in [-0.4, -0.2) is 120 Å². The lowest BCUT2D eigenvalue weighted by Gasteiger charge is -2.44. The molecule has 2 aliphatic rings. The number of aliphatic hydroxyl groups excluding tert-OH is 3. The number of rotatable bonds is 9. The quantitative estimate of drug-likeness (QED) is 0.198. The number of carbonyl (C=O) groups is 5. The van der Waals surface area contributed by atoms with E-state index in [0.29, 0.717) is 0 Å². The molecular formula is C22H32O16. The van der Waals surface area contributed by atoms with E-state index < -0.39 is 104 Å². The van der Waals surface area contributed by atoms with Crippen molar-refractivity contribution >= 4 is 29.8 Å². The van der Waals surface area contributed by atoms with Crippen molar-refractivity contribution in [1.82, 2.24) is 0 Å². The van der Waals surface area contributed by atoms with Gasteiger partial charge in [0.1, 0.15) is 31.0 Å². The summed E-state index contributed by atoms with van der Waals surface area (Å²) in [4.78, 5) is 57.9. The molecule has 38 heavy (non-hydrogen) atoms. The molecule has 0 aromatic rings. The molecule has 16 nitrogen and oxygen atoms in total. The molecule has 2 aliphatic heterocycles. The summed E-state index contributed by atoms with van der Waals surface area (Å²) in [5.74, 6) is -4.09. The maximum absolute atomic E-state index is 11.8. The fourth-order valence-corrected chi connectivity index (χ4v) is 3.89. The highest BCUT2D eigenvalue weighted by Crippen LogP contribution is 2.30. The summed E-state index contributed by atoms with van der Waals surface area (Å²) >= 11 is 0. The van der Waals surface area contributed by atoms with Gasteiger partial charge in [-0.15, -0.1) is 0 Å². The summed E-state index contributed by atoms with van der Waals surface area (Å²) < 4.78 is 41.9. The van der Waals surface area contributed by atoms with Crippen LogP contribution in [0.5, 0.6) is 0 Å². The van der Waals surface area contributed by atoms with Crippen molar-refractivity contribution in [3.05, 3.63) is 0 Å². The molecule has 16 heteroatoms. The third kappa shape index (κ3) is 8.57. The average molecular weight is 552 g/mol. The maximum Gasteiger partial charge on any atom is 0.303 e. The number of aliphatic hydroxyl groups is 3. The van der Waals surface area contributed by atoms with E-state index in [-0.39, 0.29) is 0 Å². The third-order valence-corrected chi connectivity index (χ3v) is 5.34. The Morgan fingerprint density at radius 1 is 0.579 bits per heavy atom. The molecule has 2 fully saturated rings. The Labute approximate surface area is 216 Å². The fourth-order valence-electron chi connectivity index (χ4n) is 3.89. The highest BCUT2D eigenvalue weighted by Gasteiger charge is 2.53. The first-order valence-electron chi connectivity index (χ1n) is 11.5. The van der Waals surface area contributed by atoms with Gasteiger partial charge >= 0.3 is 29.8 Å². The van der Waals surface area contributed by atoms with E-state index in [9.17, 15) is 39.3 Å². The fraction of sp³-hybridized carbons (Fsp3) is 0.773. The molecule has 0 amide bonds. The monoisotopic (exact) mass is 552 g/mol. The van der Waals surface area contributed by atoms with Crippen LogP contribution in [0.25, 0.3) is 0 Å². The second-order valence-corrected chi connectivity index (χ2v) is 8.52. The predicted octanol–water partition coefficient (Wildman–Crippen LogP) is -2.54. The summed E-state index contributed by atoms with van der Waals surface area (Å²) in [5.41, 5.74) is 0. The van der Waals surface area contributed by atoms with E-state index in [4.69, 9.17) is 37.9 Å². The lowest BCUT2D eigenvalue weighted by molar-refractivity contribution is -0.328. The molecule has 0 bridgehead atoms. The van der Waals surface area contributed by atoms with Gasteiger partial charge in [0.2, 0.25) is 0 Å². The number of carbonyl (C=O) groups excluding carboxylic acids is 5. The van der Waals surface area contributed by atoms with Crippen LogP contribution in [0, 0.1) is 0 Å². The summed E-state index contributed by atoms with van der Waals surface area (Å²) in [6.45, 7) is 4.21. The van der Waals surface area contributed by atoms with E-state index in [2.05, 4.69) is 0 Å². The van der Waals surface area contributed by atoms with Crippen molar-refractivity contribution in [3.63, 3.8) is 0 Å². The van der Waals surface area contributed by atoms with Crippen LogP contribution in [0.3, 0.4) is 0 Å². The molecule has 0 spiro atoms. The zero-order chi connectivity index (χ0) is 28.7. The Kier molecular flexibility index (Phi) is 11.4. The second-order valence-electron chi connectivity index (χ2n) is 8.52. The van der Waals surface area contributed by atoms with E-state index in [0.717, 1.165) is 34.6 Å². The van der Waals surface area contributed by atoms with Crippen LogP contribution in [0.2, 0.25) is 0 Å². The molecule has 7 unspecified atom stereocenters. The van der Waals surface area contributed by atoms with Gasteiger partial charge in [-0.25, -0.2) is 0 Å². The third-order valence-electron chi connectivity index (χ3n) is 5.34. The Hall–Kier alpha value is -2.89. The molecule has 2 saturated heterocycles. The van der Waals surface area contributed by atoms with Crippen molar-refractivity contribution in [2.24, 2.45) is 0 Å². The molecule has 2 heterocycles.